The molecule has 0 bridgehead atoms. The number of allylic oxidation sites excluding steroid dienone is 1. The fourth-order valence-corrected chi connectivity index (χ4v) is 4.17. The number of anilines is 1. The third-order valence-corrected chi connectivity index (χ3v) is 5.55. The molecule has 3 aliphatic heterocycles. The predicted octanol–water partition coefficient (Wildman–Crippen LogP) is 2.60. The second-order valence-electron chi connectivity index (χ2n) is 7.15. The van der Waals surface area contributed by atoms with Crippen molar-refractivity contribution in [2.75, 3.05) is 31.2 Å². The van der Waals surface area contributed by atoms with E-state index in [1.165, 1.54) is 0 Å². The van der Waals surface area contributed by atoms with E-state index < -0.39 is 0 Å². The molecule has 1 atom stereocenters. The first-order valence-corrected chi connectivity index (χ1v) is 9.64. The van der Waals surface area contributed by atoms with Gasteiger partial charge in [-0.05, 0) is 31.0 Å². The van der Waals surface area contributed by atoms with Gasteiger partial charge in [-0.2, -0.15) is 0 Å². The first-order valence-electron chi connectivity index (χ1n) is 9.26. The van der Waals surface area contributed by atoms with Crippen LogP contribution < -0.4 is 4.90 Å². The third kappa shape index (κ3) is 3.64. The highest BCUT2D eigenvalue weighted by Gasteiger charge is 2.33. The average Bonchev–Trinajstić information content (AvgIpc) is 2.99. The van der Waals surface area contributed by atoms with Gasteiger partial charge in [0.25, 0.3) is 0 Å². The molecule has 0 spiro atoms. The standard InChI is InChI=1S/C20H22ClN3O3/c1-13-9-16-17(21)3-2-4-18(16)24(13)20(26)11-14-10-15(25)12-19(22-14)23-5-7-27-8-6-23/h2-4,12-13H,5-11H2,1H3/t13-/m1/s1. The highest BCUT2D eigenvalue weighted by molar-refractivity contribution is 6.32. The maximum atomic E-state index is 13.0. The van der Waals surface area contributed by atoms with Crippen molar-refractivity contribution in [3.8, 4) is 0 Å². The van der Waals surface area contributed by atoms with Gasteiger partial charge in [-0.15, -0.1) is 0 Å². The van der Waals surface area contributed by atoms with Crippen LogP contribution in [0.1, 0.15) is 25.3 Å². The second-order valence-corrected chi connectivity index (χ2v) is 7.56. The fourth-order valence-electron chi connectivity index (χ4n) is 3.93. The minimum Gasteiger partial charge on any atom is -0.378 e. The van der Waals surface area contributed by atoms with Crippen LogP contribution in [0.4, 0.5) is 5.69 Å². The summed E-state index contributed by atoms with van der Waals surface area (Å²) in [5, 5.41) is 0.692. The molecule has 0 aliphatic carbocycles. The van der Waals surface area contributed by atoms with Gasteiger partial charge in [0, 0.05) is 48.0 Å². The Morgan fingerprint density at radius 1 is 1.33 bits per heavy atom. The highest BCUT2D eigenvalue weighted by Crippen LogP contribution is 2.37. The summed E-state index contributed by atoms with van der Waals surface area (Å²) in [6, 6.07) is 5.68. The molecule has 1 aromatic rings. The number of carbonyl (C=O) groups excluding carboxylic acids is 2. The van der Waals surface area contributed by atoms with E-state index in [1.807, 2.05) is 30.0 Å². The minimum atomic E-state index is -0.0432. The molecule has 3 heterocycles. The summed E-state index contributed by atoms with van der Waals surface area (Å²) >= 11 is 6.29. The SMILES string of the molecule is C[C@@H]1Cc2c(Cl)cccc2N1C(=O)CC1=NC(N2CCOCC2)=CC(=O)C1. The number of fused-ring (bicyclic) bond motifs is 1. The van der Waals surface area contributed by atoms with E-state index in [9.17, 15) is 9.59 Å². The van der Waals surface area contributed by atoms with Crippen LogP contribution in [0.2, 0.25) is 5.02 Å². The number of halogens is 1. The summed E-state index contributed by atoms with van der Waals surface area (Å²) in [4.78, 5) is 33.7. The zero-order valence-electron chi connectivity index (χ0n) is 15.3. The topological polar surface area (TPSA) is 62.2 Å². The number of rotatable bonds is 3. The van der Waals surface area contributed by atoms with Gasteiger partial charge in [-0.1, -0.05) is 17.7 Å². The van der Waals surface area contributed by atoms with Crippen LogP contribution in [0.5, 0.6) is 0 Å². The molecule has 3 aliphatic rings. The van der Waals surface area contributed by atoms with E-state index in [0.717, 1.165) is 17.7 Å². The number of hydrogen-bond acceptors (Lipinski definition) is 5. The number of carbonyl (C=O) groups is 2. The average molecular weight is 388 g/mol. The monoisotopic (exact) mass is 387 g/mol. The van der Waals surface area contributed by atoms with Gasteiger partial charge in [0.1, 0.15) is 5.82 Å². The maximum absolute atomic E-state index is 13.0. The van der Waals surface area contributed by atoms with Crippen LogP contribution in [0, 0.1) is 0 Å². The van der Waals surface area contributed by atoms with Crippen LogP contribution >= 0.6 is 11.6 Å². The molecule has 0 aromatic heterocycles. The van der Waals surface area contributed by atoms with Gasteiger partial charge in [-0.25, -0.2) is 4.99 Å². The number of ketones is 1. The Labute approximate surface area is 163 Å². The Kier molecular flexibility index (Phi) is 5.02. The maximum Gasteiger partial charge on any atom is 0.232 e. The Morgan fingerprint density at radius 3 is 2.89 bits per heavy atom. The molecular weight excluding hydrogens is 366 g/mol. The highest BCUT2D eigenvalue weighted by atomic mass is 35.5. The molecule has 1 amide bonds. The van der Waals surface area contributed by atoms with E-state index in [0.29, 0.717) is 42.9 Å². The van der Waals surface area contributed by atoms with Crippen molar-refractivity contribution in [2.24, 2.45) is 4.99 Å². The lowest BCUT2D eigenvalue weighted by Gasteiger charge is -2.30. The van der Waals surface area contributed by atoms with Gasteiger partial charge in [0.15, 0.2) is 5.78 Å². The first kappa shape index (κ1) is 18.2. The number of ether oxygens (including phenoxy) is 1. The first-order chi connectivity index (χ1) is 13.0. The third-order valence-electron chi connectivity index (χ3n) is 5.19. The normalized spacial score (nSPS) is 22.4. The van der Waals surface area contributed by atoms with Crippen LogP contribution in [0.25, 0.3) is 0 Å². The molecule has 142 valence electrons. The summed E-state index contributed by atoms with van der Waals surface area (Å²) in [5.41, 5.74) is 2.50. The molecule has 1 saturated heterocycles. The number of nitrogens with zero attached hydrogens (tertiary/aromatic N) is 3. The molecule has 0 saturated carbocycles. The Morgan fingerprint density at radius 2 is 2.11 bits per heavy atom. The molecule has 7 heteroatoms. The van der Waals surface area contributed by atoms with Crippen LogP contribution in [0.15, 0.2) is 35.1 Å². The molecule has 0 radical (unpaired) electrons. The second kappa shape index (κ2) is 7.44. The zero-order valence-corrected chi connectivity index (χ0v) is 16.0. The smallest absolute Gasteiger partial charge is 0.232 e. The number of benzene rings is 1. The summed E-state index contributed by atoms with van der Waals surface area (Å²) in [5.74, 6) is 0.598. The summed E-state index contributed by atoms with van der Waals surface area (Å²) in [7, 11) is 0. The lowest BCUT2D eigenvalue weighted by molar-refractivity contribution is -0.117. The zero-order chi connectivity index (χ0) is 19.0. The molecule has 6 nitrogen and oxygen atoms in total. The van der Waals surface area contributed by atoms with Gasteiger partial charge < -0.3 is 14.5 Å². The molecule has 27 heavy (non-hydrogen) atoms. The van der Waals surface area contributed by atoms with Gasteiger partial charge in [0.2, 0.25) is 5.91 Å². The summed E-state index contributed by atoms with van der Waals surface area (Å²) < 4.78 is 5.36. The van der Waals surface area contributed by atoms with E-state index in [4.69, 9.17) is 16.3 Å². The molecule has 0 unspecified atom stereocenters. The Balaban J connectivity index is 1.53. The lowest BCUT2D eigenvalue weighted by atomic mass is 10.1. The van der Waals surface area contributed by atoms with Crippen molar-refractivity contribution in [1.29, 1.82) is 0 Å². The largest absolute Gasteiger partial charge is 0.378 e. The summed E-state index contributed by atoms with van der Waals surface area (Å²) in [6.07, 6.45) is 2.66. The minimum absolute atomic E-state index is 0.00722. The van der Waals surface area contributed by atoms with Crippen molar-refractivity contribution in [3.05, 3.63) is 40.7 Å². The Bertz CT molecular complexity index is 843. The van der Waals surface area contributed by atoms with Gasteiger partial charge >= 0.3 is 0 Å². The van der Waals surface area contributed by atoms with E-state index in [1.54, 1.807) is 11.0 Å². The molecular formula is C20H22ClN3O3. The van der Waals surface area contributed by atoms with Gasteiger partial charge in [0.05, 0.1) is 19.6 Å². The Hall–Kier alpha value is -2.18. The molecule has 0 N–H and O–H groups in total. The van der Waals surface area contributed by atoms with Crippen LogP contribution in [-0.2, 0) is 20.7 Å². The number of aliphatic imine (C=N–C) groups is 1. The number of morpholine rings is 1. The van der Waals surface area contributed by atoms with E-state index >= 15 is 0 Å². The number of amides is 1. The molecule has 1 aromatic carbocycles. The van der Waals surface area contributed by atoms with Crippen molar-refractivity contribution < 1.29 is 14.3 Å². The van der Waals surface area contributed by atoms with Crippen molar-refractivity contribution in [1.82, 2.24) is 4.90 Å². The quantitative estimate of drug-likeness (QED) is 0.799. The van der Waals surface area contributed by atoms with Crippen molar-refractivity contribution in [3.63, 3.8) is 0 Å². The van der Waals surface area contributed by atoms with E-state index in [-0.39, 0.29) is 30.6 Å². The summed E-state index contributed by atoms with van der Waals surface area (Å²) in [6.45, 7) is 4.68. The van der Waals surface area contributed by atoms with Crippen LogP contribution in [-0.4, -0.2) is 54.6 Å². The molecule has 1 fully saturated rings. The van der Waals surface area contributed by atoms with Crippen molar-refractivity contribution in [2.45, 2.75) is 32.2 Å². The van der Waals surface area contributed by atoms with Crippen LogP contribution in [0.3, 0.4) is 0 Å². The lowest BCUT2D eigenvalue weighted by Crippen LogP contribution is -2.38. The van der Waals surface area contributed by atoms with E-state index in [2.05, 4.69) is 4.99 Å². The molecule has 4 rings (SSSR count). The van der Waals surface area contributed by atoms with Crippen molar-refractivity contribution >= 4 is 34.7 Å². The number of hydrogen-bond donors (Lipinski definition) is 0. The fraction of sp³-hybridized carbons (Fsp3) is 0.450. The van der Waals surface area contributed by atoms with Gasteiger partial charge in [-0.3, -0.25) is 9.59 Å². The predicted molar refractivity (Wildman–Crippen MR) is 104 cm³/mol.